The van der Waals surface area contributed by atoms with E-state index < -0.39 is 17.3 Å². The number of piperidine rings is 1. The van der Waals surface area contributed by atoms with Crippen LogP contribution in [0.4, 0.5) is 16.4 Å². The number of halogens is 1. The first kappa shape index (κ1) is 32.7. The standard InChI is InChI=1S/C33H42ClN7O4S/c1-31(2,3)45-30(43)39-27-21-7-6-11-35-22(21)15-33(27)9-13-40(14-10-33)28-23(19-42)38-25(16-37-28)46-24-8-12-36-29(26(24)34)41-17-20(18-41)32(4,5)44/h6-8,11-12,16,20,27,42,44H,9-10,13-15,17-19H2,1-5H3,(H,39,43)/t27-/m1/s1. The van der Waals surface area contributed by atoms with E-state index in [0.29, 0.717) is 53.6 Å². The Morgan fingerprint density at radius 1 is 1.09 bits per heavy atom. The highest BCUT2D eigenvalue weighted by molar-refractivity contribution is 7.99. The predicted octanol–water partition coefficient (Wildman–Crippen LogP) is 5.18. The van der Waals surface area contributed by atoms with Crippen LogP contribution in [0.2, 0.25) is 5.02 Å². The molecule has 0 bridgehead atoms. The minimum Gasteiger partial charge on any atom is -0.444 e. The van der Waals surface area contributed by atoms with Crippen LogP contribution < -0.4 is 15.1 Å². The lowest BCUT2D eigenvalue weighted by Crippen LogP contribution is -2.56. The molecule has 5 heterocycles. The van der Waals surface area contributed by atoms with Gasteiger partial charge in [0.15, 0.2) is 5.82 Å². The van der Waals surface area contributed by atoms with Gasteiger partial charge in [-0.3, -0.25) is 4.98 Å². The Bertz CT molecular complexity index is 1600. The Labute approximate surface area is 279 Å². The van der Waals surface area contributed by atoms with Gasteiger partial charge in [-0.15, -0.1) is 0 Å². The molecule has 0 unspecified atom stereocenters. The fraction of sp³-hybridized carbons (Fsp3) is 0.545. The molecule has 6 rings (SSSR count). The summed E-state index contributed by atoms with van der Waals surface area (Å²) >= 11 is 8.17. The third kappa shape index (κ3) is 6.62. The van der Waals surface area contributed by atoms with Gasteiger partial charge in [-0.1, -0.05) is 29.4 Å². The van der Waals surface area contributed by atoms with Crippen LogP contribution in [0.15, 0.2) is 46.7 Å². The van der Waals surface area contributed by atoms with Gasteiger partial charge < -0.3 is 30.1 Å². The van der Waals surface area contributed by atoms with Crippen LogP contribution in [0, 0.1) is 11.3 Å². The molecule has 2 fully saturated rings. The van der Waals surface area contributed by atoms with Crippen molar-refractivity contribution in [3.63, 3.8) is 0 Å². The summed E-state index contributed by atoms with van der Waals surface area (Å²) in [4.78, 5) is 36.6. The number of carbonyl (C=O) groups is 1. The second-order valence-corrected chi connectivity index (χ2v) is 15.5. The summed E-state index contributed by atoms with van der Waals surface area (Å²) in [5, 5.41) is 25.0. The van der Waals surface area contributed by atoms with Gasteiger partial charge in [0.1, 0.15) is 22.1 Å². The Morgan fingerprint density at radius 2 is 1.83 bits per heavy atom. The molecule has 0 saturated carbocycles. The summed E-state index contributed by atoms with van der Waals surface area (Å²) in [6, 6.07) is 5.60. The van der Waals surface area contributed by atoms with E-state index in [1.165, 1.54) is 11.8 Å². The van der Waals surface area contributed by atoms with E-state index in [1.54, 1.807) is 18.6 Å². The topological polar surface area (TPSA) is 137 Å². The molecule has 13 heteroatoms. The van der Waals surface area contributed by atoms with E-state index in [1.807, 2.05) is 52.8 Å². The van der Waals surface area contributed by atoms with E-state index >= 15 is 0 Å². The Kier molecular flexibility index (Phi) is 8.86. The van der Waals surface area contributed by atoms with E-state index in [0.717, 1.165) is 35.4 Å². The number of rotatable bonds is 7. The average molecular weight is 668 g/mol. The lowest BCUT2D eigenvalue weighted by atomic mass is 9.73. The van der Waals surface area contributed by atoms with E-state index in [-0.39, 0.29) is 24.0 Å². The third-order valence-electron chi connectivity index (χ3n) is 9.27. The van der Waals surface area contributed by atoms with Crippen molar-refractivity contribution in [1.82, 2.24) is 25.3 Å². The normalized spacial score (nSPS) is 19.6. The molecule has 11 nitrogen and oxygen atoms in total. The summed E-state index contributed by atoms with van der Waals surface area (Å²) in [5.74, 6) is 1.50. The largest absolute Gasteiger partial charge is 0.444 e. The van der Waals surface area contributed by atoms with Crippen LogP contribution in [0.25, 0.3) is 0 Å². The fourth-order valence-electron chi connectivity index (χ4n) is 6.66. The lowest BCUT2D eigenvalue weighted by molar-refractivity contribution is 0.00436. The number of nitrogens with one attached hydrogen (secondary N) is 1. The molecule has 3 N–H and O–H groups in total. The number of aliphatic hydroxyl groups excluding tert-OH is 1. The second-order valence-electron chi connectivity index (χ2n) is 14.1. The zero-order chi connectivity index (χ0) is 32.9. The molecule has 2 aliphatic heterocycles. The van der Waals surface area contributed by atoms with Crippen molar-refractivity contribution in [1.29, 1.82) is 0 Å². The van der Waals surface area contributed by atoms with Crippen LogP contribution in [-0.2, 0) is 17.8 Å². The minimum atomic E-state index is -0.750. The molecule has 46 heavy (non-hydrogen) atoms. The lowest BCUT2D eigenvalue weighted by Gasteiger charge is -2.46. The Hall–Kier alpha value is -3.19. The number of pyridine rings is 2. The first-order chi connectivity index (χ1) is 21.8. The number of ether oxygens (including phenoxy) is 1. The van der Waals surface area contributed by atoms with Gasteiger partial charge >= 0.3 is 6.09 Å². The summed E-state index contributed by atoms with van der Waals surface area (Å²) in [5.41, 5.74) is 1.01. The summed E-state index contributed by atoms with van der Waals surface area (Å²) in [6.07, 6.45) is 7.19. The molecule has 3 aliphatic rings. The quantitative estimate of drug-likeness (QED) is 0.307. The maximum Gasteiger partial charge on any atom is 0.408 e. The van der Waals surface area contributed by atoms with Crippen molar-refractivity contribution in [2.75, 3.05) is 36.0 Å². The van der Waals surface area contributed by atoms with E-state index in [2.05, 4.69) is 25.1 Å². The average Bonchev–Trinajstić information content (AvgIpc) is 3.25. The maximum atomic E-state index is 12.9. The fourth-order valence-corrected chi connectivity index (χ4v) is 7.80. The first-order valence-corrected chi connectivity index (χ1v) is 16.9. The highest BCUT2D eigenvalue weighted by Gasteiger charge is 2.49. The van der Waals surface area contributed by atoms with Crippen LogP contribution in [0.3, 0.4) is 0 Å². The van der Waals surface area contributed by atoms with Crippen molar-refractivity contribution in [2.24, 2.45) is 11.3 Å². The summed E-state index contributed by atoms with van der Waals surface area (Å²) in [7, 11) is 0. The zero-order valence-corrected chi connectivity index (χ0v) is 28.5. The molecule has 3 aromatic rings. The molecule has 0 aromatic carbocycles. The van der Waals surface area contributed by atoms with Gasteiger partial charge in [0, 0.05) is 60.5 Å². The van der Waals surface area contributed by atoms with Gasteiger partial charge in [-0.2, -0.15) is 0 Å². The number of fused-ring (bicyclic) bond motifs is 1. The van der Waals surface area contributed by atoms with Gasteiger partial charge in [-0.25, -0.2) is 19.7 Å². The van der Waals surface area contributed by atoms with Crippen molar-refractivity contribution >= 4 is 41.1 Å². The number of hydrogen-bond acceptors (Lipinski definition) is 11. The number of carbonyl (C=O) groups excluding carboxylic acids is 1. The molecule has 246 valence electrons. The molecule has 1 atom stereocenters. The summed E-state index contributed by atoms with van der Waals surface area (Å²) < 4.78 is 5.62. The third-order valence-corrected chi connectivity index (χ3v) is 10.7. The molecule has 0 radical (unpaired) electrons. The number of anilines is 2. The number of hydrogen-bond donors (Lipinski definition) is 3. The number of alkyl carbamates (subject to hydrolysis) is 1. The van der Waals surface area contributed by atoms with Gasteiger partial charge in [0.05, 0.1) is 29.5 Å². The molecular weight excluding hydrogens is 626 g/mol. The van der Waals surface area contributed by atoms with Gasteiger partial charge in [0.25, 0.3) is 0 Å². The Morgan fingerprint density at radius 3 is 2.50 bits per heavy atom. The molecule has 1 spiro atoms. The van der Waals surface area contributed by atoms with Gasteiger partial charge in [0.2, 0.25) is 0 Å². The van der Waals surface area contributed by atoms with Crippen molar-refractivity contribution < 1.29 is 19.7 Å². The number of nitrogens with zero attached hydrogens (tertiary/aromatic N) is 6. The van der Waals surface area contributed by atoms with Crippen LogP contribution in [0.5, 0.6) is 0 Å². The van der Waals surface area contributed by atoms with Crippen molar-refractivity contribution in [3.8, 4) is 0 Å². The molecule has 2 saturated heterocycles. The molecule has 3 aromatic heterocycles. The number of amides is 1. The number of aromatic nitrogens is 4. The van der Waals surface area contributed by atoms with Crippen LogP contribution >= 0.6 is 23.4 Å². The summed E-state index contributed by atoms with van der Waals surface area (Å²) in [6.45, 7) is 11.7. The zero-order valence-electron chi connectivity index (χ0n) is 27.0. The smallest absolute Gasteiger partial charge is 0.408 e. The Balaban J connectivity index is 1.15. The van der Waals surface area contributed by atoms with Crippen LogP contribution in [-0.4, -0.2) is 73.6 Å². The molecule has 1 amide bonds. The maximum absolute atomic E-state index is 12.9. The monoisotopic (exact) mass is 667 g/mol. The van der Waals surface area contributed by atoms with Crippen molar-refractivity contribution in [3.05, 3.63) is 58.8 Å². The van der Waals surface area contributed by atoms with Gasteiger partial charge in [-0.05, 0) is 71.6 Å². The van der Waals surface area contributed by atoms with Crippen molar-refractivity contribution in [2.45, 2.75) is 87.7 Å². The second kappa shape index (κ2) is 12.4. The molecular formula is C33H42ClN7O4S. The SMILES string of the molecule is CC(C)(C)OC(=O)N[C@@H]1c2cccnc2CC12CCN(c1ncc(Sc3ccnc(N4CC(C(C)(C)O)C4)c3Cl)nc1CO)CC2. The molecule has 1 aliphatic carbocycles. The van der Waals surface area contributed by atoms with E-state index in [4.69, 9.17) is 26.3 Å². The first-order valence-electron chi connectivity index (χ1n) is 15.7. The van der Waals surface area contributed by atoms with E-state index in [9.17, 15) is 15.0 Å². The predicted molar refractivity (Wildman–Crippen MR) is 177 cm³/mol. The highest BCUT2D eigenvalue weighted by atomic mass is 35.5. The highest BCUT2D eigenvalue weighted by Crippen LogP contribution is 2.52. The minimum absolute atomic E-state index is 0.157. The number of aliphatic hydroxyl groups is 2. The van der Waals surface area contributed by atoms with Crippen LogP contribution in [0.1, 0.15) is 70.5 Å².